The molecule has 2 aromatic rings. The Hall–Kier alpha value is -1.74. The molecule has 0 bridgehead atoms. The first-order chi connectivity index (χ1) is 8.78. The van der Waals surface area contributed by atoms with Gasteiger partial charge in [-0.1, -0.05) is 23.7 Å². The minimum absolute atomic E-state index is 0.385. The van der Waals surface area contributed by atoms with Crippen molar-refractivity contribution in [2.75, 3.05) is 6.61 Å². The van der Waals surface area contributed by atoms with Gasteiger partial charge in [0, 0.05) is 6.07 Å². The van der Waals surface area contributed by atoms with E-state index in [0.29, 0.717) is 18.4 Å². The van der Waals surface area contributed by atoms with E-state index in [2.05, 4.69) is 4.98 Å². The van der Waals surface area contributed by atoms with Gasteiger partial charge in [0.2, 0.25) is 0 Å². The third-order valence-corrected chi connectivity index (χ3v) is 2.49. The highest BCUT2D eigenvalue weighted by Crippen LogP contribution is 2.20. The fourth-order valence-electron chi connectivity index (χ4n) is 1.51. The fraction of sp³-hybridized carbons (Fsp3) is 0.214. The van der Waals surface area contributed by atoms with Crippen LogP contribution in [0.2, 0.25) is 5.15 Å². The number of hydrogen-bond donors (Lipinski definition) is 0. The zero-order valence-electron chi connectivity index (χ0n) is 10.1. The predicted molar refractivity (Wildman–Crippen MR) is 71.2 cm³/mol. The van der Waals surface area contributed by atoms with Gasteiger partial charge in [-0.2, -0.15) is 0 Å². The van der Waals surface area contributed by atoms with Crippen LogP contribution in [0.4, 0.5) is 0 Å². The van der Waals surface area contributed by atoms with Crippen molar-refractivity contribution in [3.63, 3.8) is 0 Å². The number of hydrogen-bond acceptors (Lipinski definition) is 3. The van der Waals surface area contributed by atoms with Crippen molar-refractivity contribution in [1.82, 2.24) is 4.98 Å². The molecule has 0 radical (unpaired) electrons. The molecule has 1 heterocycles. The molecular formula is C14H14ClNO2. The van der Waals surface area contributed by atoms with E-state index in [9.17, 15) is 0 Å². The number of halogens is 1. The van der Waals surface area contributed by atoms with E-state index in [4.69, 9.17) is 21.1 Å². The summed E-state index contributed by atoms with van der Waals surface area (Å²) in [7, 11) is 0. The highest BCUT2D eigenvalue weighted by Gasteiger charge is 2.00. The van der Waals surface area contributed by atoms with Crippen LogP contribution in [-0.2, 0) is 6.61 Å². The van der Waals surface area contributed by atoms with E-state index in [1.54, 1.807) is 6.07 Å². The molecule has 0 N–H and O–H groups in total. The van der Waals surface area contributed by atoms with Crippen LogP contribution < -0.4 is 9.47 Å². The highest BCUT2D eigenvalue weighted by atomic mass is 35.5. The minimum atomic E-state index is 0.385. The first-order valence-electron chi connectivity index (χ1n) is 5.75. The molecule has 2 rings (SSSR count). The average molecular weight is 264 g/mol. The Morgan fingerprint density at radius 2 is 1.78 bits per heavy atom. The van der Waals surface area contributed by atoms with Crippen LogP contribution in [0, 0.1) is 0 Å². The van der Waals surface area contributed by atoms with E-state index in [0.717, 1.165) is 17.2 Å². The van der Waals surface area contributed by atoms with Crippen molar-refractivity contribution >= 4 is 11.6 Å². The van der Waals surface area contributed by atoms with Gasteiger partial charge in [0.25, 0.3) is 0 Å². The second kappa shape index (κ2) is 6.26. The van der Waals surface area contributed by atoms with Crippen molar-refractivity contribution in [1.29, 1.82) is 0 Å². The SMILES string of the molecule is CCOc1cccc(OCc2cccc(Cl)n2)c1. The molecule has 0 spiro atoms. The van der Waals surface area contributed by atoms with Gasteiger partial charge in [-0.15, -0.1) is 0 Å². The van der Waals surface area contributed by atoms with E-state index >= 15 is 0 Å². The van der Waals surface area contributed by atoms with Crippen molar-refractivity contribution in [2.45, 2.75) is 13.5 Å². The highest BCUT2D eigenvalue weighted by molar-refractivity contribution is 6.29. The van der Waals surface area contributed by atoms with E-state index < -0.39 is 0 Å². The van der Waals surface area contributed by atoms with Crippen LogP contribution in [0.5, 0.6) is 11.5 Å². The number of rotatable bonds is 5. The average Bonchev–Trinajstić information content (AvgIpc) is 2.37. The monoisotopic (exact) mass is 263 g/mol. The lowest BCUT2D eigenvalue weighted by atomic mass is 10.3. The molecule has 0 saturated heterocycles. The van der Waals surface area contributed by atoms with Crippen molar-refractivity contribution in [3.8, 4) is 11.5 Å². The van der Waals surface area contributed by atoms with Gasteiger partial charge in [-0.05, 0) is 31.2 Å². The molecule has 0 unspecified atom stereocenters. The van der Waals surface area contributed by atoms with Gasteiger partial charge in [0.1, 0.15) is 23.3 Å². The molecule has 3 nitrogen and oxygen atoms in total. The number of ether oxygens (including phenoxy) is 2. The molecule has 0 aliphatic rings. The third kappa shape index (κ3) is 3.64. The second-order valence-electron chi connectivity index (χ2n) is 3.65. The molecule has 4 heteroatoms. The zero-order chi connectivity index (χ0) is 12.8. The Morgan fingerprint density at radius 1 is 1.06 bits per heavy atom. The van der Waals surface area contributed by atoms with Gasteiger partial charge >= 0.3 is 0 Å². The van der Waals surface area contributed by atoms with Crippen LogP contribution in [-0.4, -0.2) is 11.6 Å². The summed E-state index contributed by atoms with van der Waals surface area (Å²) in [5.74, 6) is 1.55. The van der Waals surface area contributed by atoms with Crippen LogP contribution in [0.1, 0.15) is 12.6 Å². The lowest BCUT2D eigenvalue weighted by molar-refractivity contribution is 0.295. The summed E-state index contributed by atoms with van der Waals surface area (Å²) in [6.45, 7) is 2.97. The first kappa shape index (κ1) is 12.7. The second-order valence-corrected chi connectivity index (χ2v) is 4.04. The van der Waals surface area contributed by atoms with Gasteiger partial charge < -0.3 is 9.47 Å². The Labute approximate surface area is 111 Å². The van der Waals surface area contributed by atoms with E-state index in [1.807, 2.05) is 43.3 Å². The quantitative estimate of drug-likeness (QED) is 0.771. The molecule has 94 valence electrons. The van der Waals surface area contributed by atoms with Crippen LogP contribution in [0.25, 0.3) is 0 Å². The normalized spacial score (nSPS) is 10.1. The number of benzene rings is 1. The summed E-state index contributed by atoms with van der Waals surface area (Å²) in [6.07, 6.45) is 0. The van der Waals surface area contributed by atoms with Crippen LogP contribution in [0.15, 0.2) is 42.5 Å². The summed E-state index contributed by atoms with van der Waals surface area (Å²) >= 11 is 5.81. The van der Waals surface area contributed by atoms with Gasteiger partial charge in [0.05, 0.1) is 12.3 Å². The summed E-state index contributed by atoms with van der Waals surface area (Å²) < 4.78 is 11.0. The van der Waals surface area contributed by atoms with Gasteiger partial charge in [-0.25, -0.2) is 4.98 Å². The Kier molecular flexibility index (Phi) is 4.42. The predicted octanol–water partition coefficient (Wildman–Crippen LogP) is 3.71. The number of nitrogens with zero attached hydrogens (tertiary/aromatic N) is 1. The number of pyridine rings is 1. The largest absolute Gasteiger partial charge is 0.494 e. The van der Waals surface area contributed by atoms with Gasteiger partial charge in [-0.3, -0.25) is 0 Å². The Bertz CT molecular complexity index is 517. The molecule has 1 aromatic carbocycles. The zero-order valence-corrected chi connectivity index (χ0v) is 10.9. The summed E-state index contributed by atoms with van der Waals surface area (Å²) in [5.41, 5.74) is 0.796. The molecule has 18 heavy (non-hydrogen) atoms. The molecule has 0 amide bonds. The molecule has 0 atom stereocenters. The molecular weight excluding hydrogens is 250 g/mol. The van der Waals surface area contributed by atoms with E-state index in [-0.39, 0.29) is 0 Å². The summed E-state index contributed by atoms with van der Waals surface area (Å²) in [6, 6.07) is 13.0. The Balaban J connectivity index is 1.99. The first-order valence-corrected chi connectivity index (χ1v) is 6.13. The summed E-state index contributed by atoms with van der Waals surface area (Å²) in [5, 5.41) is 0.471. The van der Waals surface area contributed by atoms with Crippen molar-refractivity contribution < 1.29 is 9.47 Å². The maximum atomic E-state index is 5.81. The molecule has 1 aromatic heterocycles. The lowest BCUT2D eigenvalue weighted by Crippen LogP contribution is -1.98. The van der Waals surface area contributed by atoms with E-state index in [1.165, 1.54) is 0 Å². The fourth-order valence-corrected chi connectivity index (χ4v) is 1.69. The van der Waals surface area contributed by atoms with Gasteiger partial charge in [0.15, 0.2) is 0 Å². The topological polar surface area (TPSA) is 31.4 Å². The molecule has 0 saturated carbocycles. The molecule has 0 aliphatic carbocycles. The van der Waals surface area contributed by atoms with Crippen molar-refractivity contribution in [3.05, 3.63) is 53.3 Å². The molecule has 0 aliphatic heterocycles. The minimum Gasteiger partial charge on any atom is -0.494 e. The third-order valence-electron chi connectivity index (χ3n) is 2.28. The Morgan fingerprint density at radius 3 is 2.50 bits per heavy atom. The maximum absolute atomic E-state index is 5.81. The molecule has 0 fully saturated rings. The lowest BCUT2D eigenvalue weighted by Gasteiger charge is -2.08. The van der Waals surface area contributed by atoms with Crippen LogP contribution >= 0.6 is 11.6 Å². The smallest absolute Gasteiger partial charge is 0.130 e. The maximum Gasteiger partial charge on any atom is 0.130 e. The van der Waals surface area contributed by atoms with Crippen LogP contribution in [0.3, 0.4) is 0 Å². The standard InChI is InChI=1S/C14H14ClNO2/c1-2-17-12-6-4-7-13(9-12)18-10-11-5-3-8-14(15)16-11/h3-9H,2,10H2,1H3. The number of aromatic nitrogens is 1. The van der Waals surface area contributed by atoms with Crippen molar-refractivity contribution in [2.24, 2.45) is 0 Å². The summed E-state index contributed by atoms with van der Waals surface area (Å²) in [4.78, 5) is 4.16.